The normalized spacial score (nSPS) is 11.1. The number of nitrogens with zero attached hydrogens (tertiary/aromatic N) is 2. The number of amides is 2. The fraction of sp³-hybridized carbons (Fsp3) is 0.526. The zero-order valence-electron chi connectivity index (χ0n) is 17.5. The second-order valence-electron chi connectivity index (χ2n) is 7.31. The van der Waals surface area contributed by atoms with Crippen molar-refractivity contribution in [1.29, 1.82) is 0 Å². The van der Waals surface area contributed by atoms with Crippen molar-refractivity contribution in [2.24, 2.45) is 4.99 Å². The van der Waals surface area contributed by atoms with Crippen molar-refractivity contribution < 1.29 is 14.3 Å². The second-order valence-corrected chi connectivity index (χ2v) is 7.31. The highest BCUT2D eigenvalue weighted by molar-refractivity contribution is 14.0. The van der Waals surface area contributed by atoms with Crippen molar-refractivity contribution in [3.63, 3.8) is 0 Å². The first kappa shape index (κ1) is 26.0. The van der Waals surface area contributed by atoms with Gasteiger partial charge in [0.1, 0.15) is 5.75 Å². The Balaban J connectivity index is 0.00000729. The van der Waals surface area contributed by atoms with Gasteiger partial charge in [-0.3, -0.25) is 9.59 Å². The van der Waals surface area contributed by atoms with Crippen LogP contribution in [-0.4, -0.2) is 62.5 Å². The van der Waals surface area contributed by atoms with Crippen LogP contribution in [0.15, 0.2) is 29.3 Å². The van der Waals surface area contributed by atoms with E-state index in [-0.39, 0.29) is 54.4 Å². The molecule has 0 atom stereocenters. The predicted octanol–water partition coefficient (Wildman–Crippen LogP) is 1.35. The monoisotopic (exact) mass is 505 g/mol. The first-order valence-corrected chi connectivity index (χ1v) is 8.77. The Morgan fingerprint density at radius 1 is 1.07 bits per heavy atom. The third kappa shape index (κ3) is 11.0. The van der Waals surface area contributed by atoms with Gasteiger partial charge in [0.05, 0.1) is 26.7 Å². The van der Waals surface area contributed by atoms with Crippen molar-refractivity contribution in [3.05, 3.63) is 29.8 Å². The number of aliphatic imine (C=N–C) groups is 1. The molecular formula is C19H32IN5O3. The number of nitrogens with one attached hydrogen (secondary N) is 3. The Hall–Kier alpha value is -2.04. The lowest BCUT2D eigenvalue weighted by atomic mass is 10.1. The summed E-state index contributed by atoms with van der Waals surface area (Å²) in [6.45, 7) is 6.29. The number of guanidine groups is 1. The molecule has 0 saturated carbocycles. The smallest absolute Gasteiger partial charge is 0.241 e. The van der Waals surface area contributed by atoms with Gasteiger partial charge in [-0.05, 0) is 38.5 Å². The number of carbonyl (C=O) groups is 2. The van der Waals surface area contributed by atoms with Crippen LogP contribution in [0.4, 0.5) is 0 Å². The van der Waals surface area contributed by atoms with E-state index in [4.69, 9.17) is 4.74 Å². The predicted molar refractivity (Wildman–Crippen MR) is 122 cm³/mol. The minimum atomic E-state index is -0.312. The highest BCUT2D eigenvalue weighted by Gasteiger charge is 2.14. The van der Waals surface area contributed by atoms with Gasteiger partial charge in [0.2, 0.25) is 11.8 Å². The summed E-state index contributed by atoms with van der Waals surface area (Å²) in [5, 5.41) is 8.79. The standard InChI is InChI=1S/C19H31N5O3.HI/c1-19(2,3)23-16(25)12-21-18(22-13-17(26)24(4)5)20-11-14-7-9-15(27-6)10-8-14;/h7-10H,11-13H2,1-6H3,(H,23,25)(H2,20,21,22);1H. The summed E-state index contributed by atoms with van der Waals surface area (Å²) in [5.74, 6) is 0.924. The average molecular weight is 505 g/mol. The van der Waals surface area contributed by atoms with Crippen LogP contribution in [0.1, 0.15) is 26.3 Å². The van der Waals surface area contributed by atoms with Crippen LogP contribution >= 0.6 is 24.0 Å². The second kappa shape index (κ2) is 12.4. The van der Waals surface area contributed by atoms with E-state index in [0.717, 1.165) is 11.3 Å². The SMILES string of the molecule is COc1ccc(CN=C(NCC(=O)NC(C)(C)C)NCC(=O)N(C)C)cc1.I. The van der Waals surface area contributed by atoms with Gasteiger partial charge < -0.3 is 25.6 Å². The molecule has 0 aliphatic carbocycles. The largest absolute Gasteiger partial charge is 0.497 e. The van der Waals surface area contributed by atoms with E-state index in [9.17, 15) is 9.59 Å². The number of benzene rings is 1. The summed E-state index contributed by atoms with van der Waals surface area (Å²) in [7, 11) is 4.98. The van der Waals surface area contributed by atoms with Gasteiger partial charge in [-0.15, -0.1) is 24.0 Å². The van der Waals surface area contributed by atoms with Gasteiger partial charge >= 0.3 is 0 Å². The van der Waals surface area contributed by atoms with E-state index in [0.29, 0.717) is 12.5 Å². The van der Waals surface area contributed by atoms with E-state index in [1.54, 1.807) is 21.2 Å². The molecule has 2 amide bonds. The number of carbonyl (C=O) groups excluding carboxylic acids is 2. The number of hydrogen-bond donors (Lipinski definition) is 3. The summed E-state index contributed by atoms with van der Waals surface area (Å²) >= 11 is 0. The molecule has 28 heavy (non-hydrogen) atoms. The van der Waals surface area contributed by atoms with Crippen molar-refractivity contribution >= 4 is 41.8 Å². The molecule has 0 saturated heterocycles. The molecule has 1 rings (SSSR count). The molecule has 0 spiro atoms. The number of hydrogen-bond acceptors (Lipinski definition) is 4. The molecule has 3 N–H and O–H groups in total. The molecule has 0 bridgehead atoms. The summed E-state index contributed by atoms with van der Waals surface area (Å²) < 4.78 is 5.14. The summed E-state index contributed by atoms with van der Waals surface area (Å²) in [6.07, 6.45) is 0. The third-order valence-electron chi connectivity index (χ3n) is 3.42. The number of rotatable bonds is 7. The summed E-state index contributed by atoms with van der Waals surface area (Å²) in [6, 6.07) is 7.55. The van der Waals surface area contributed by atoms with Crippen molar-refractivity contribution in [2.75, 3.05) is 34.3 Å². The molecule has 1 aromatic rings. The zero-order chi connectivity index (χ0) is 20.4. The van der Waals surface area contributed by atoms with Gasteiger partial charge in [-0.1, -0.05) is 12.1 Å². The first-order chi connectivity index (χ1) is 12.6. The van der Waals surface area contributed by atoms with E-state index in [2.05, 4.69) is 20.9 Å². The Morgan fingerprint density at radius 2 is 1.64 bits per heavy atom. The van der Waals surface area contributed by atoms with E-state index >= 15 is 0 Å². The lowest BCUT2D eigenvalue weighted by Gasteiger charge is -2.21. The van der Waals surface area contributed by atoms with Crippen molar-refractivity contribution in [3.8, 4) is 5.75 Å². The van der Waals surface area contributed by atoms with E-state index in [1.165, 1.54) is 4.90 Å². The highest BCUT2D eigenvalue weighted by atomic mass is 127. The average Bonchev–Trinajstić information content (AvgIpc) is 2.59. The molecule has 9 heteroatoms. The molecule has 158 valence electrons. The lowest BCUT2D eigenvalue weighted by Crippen LogP contribution is -2.49. The molecule has 0 unspecified atom stereocenters. The zero-order valence-corrected chi connectivity index (χ0v) is 19.8. The summed E-state index contributed by atoms with van der Waals surface area (Å²) in [5.41, 5.74) is 0.669. The molecular weight excluding hydrogens is 473 g/mol. The third-order valence-corrected chi connectivity index (χ3v) is 3.42. The van der Waals surface area contributed by atoms with Crippen molar-refractivity contribution in [1.82, 2.24) is 20.9 Å². The Bertz CT molecular complexity index is 655. The fourth-order valence-corrected chi connectivity index (χ4v) is 2.02. The van der Waals surface area contributed by atoms with Crippen LogP contribution in [0.5, 0.6) is 5.75 Å². The van der Waals surface area contributed by atoms with Crippen molar-refractivity contribution in [2.45, 2.75) is 32.9 Å². The van der Waals surface area contributed by atoms with Crippen LogP contribution in [0.2, 0.25) is 0 Å². The number of ether oxygens (including phenoxy) is 1. The molecule has 0 heterocycles. The van der Waals surface area contributed by atoms with Gasteiger partial charge in [-0.25, -0.2) is 4.99 Å². The summed E-state index contributed by atoms with van der Waals surface area (Å²) in [4.78, 5) is 29.8. The molecule has 0 aliphatic rings. The molecule has 0 fully saturated rings. The fourth-order valence-electron chi connectivity index (χ4n) is 2.02. The van der Waals surface area contributed by atoms with Crippen LogP contribution in [0.3, 0.4) is 0 Å². The van der Waals surface area contributed by atoms with Crippen LogP contribution in [-0.2, 0) is 16.1 Å². The lowest BCUT2D eigenvalue weighted by molar-refractivity contribution is -0.127. The van der Waals surface area contributed by atoms with Gasteiger partial charge in [0.15, 0.2) is 5.96 Å². The Kier molecular flexibility index (Phi) is 11.5. The van der Waals surface area contributed by atoms with Gasteiger partial charge in [0, 0.05) is 19.6 Å². The quantitative estimate of drug-likeness (QED) is 0.296. The Labute approximate surface area is 184 Å². The number of halogens is 1. The van der Waals surface area contributed by atoms with Crippen LogP contribution in [0, 0.1) is 0 Å². The minimum absolute atomic E-state index is 0. The molecule has 0 aromatic heterocycles. The van der Waals surface area contributed by atoms with Crippen LogP contribution < -0.4 is 20.7 Å². The maximum absolute atomic E-state index is 12.0. The molecule has 8 nitrogen and oxygen atoms in total. The maximum Gasteiger partial charge on any atom is 0.241 e. The van der Waals surface area contributed by atoms with E-state index in [1.807, 2.05) is 45.0 Å². The molecule has 1 aromatic carbocycles. The van der Waals surface area contributed by atoms with Crippen LogP contribution in [0.25, 0.3) is 0 Å². The molecule has 0 radical (unpaired) electrons. The van der Waals surface area contributed by atoms with E-state index < -0.39 is 0 Å². The van der Waals surface area contributed by atoms with Gasteiger partial charge in [-0.2, -0.15) is 0 Å². The number of likely N-dealkylation sites (N-methyl/N-ethyl adjacent to an activating group) is 1. The number of methoxy groups -OCH3 is 1. The Morgan fingerprint density at radius 3 is 2.14 bits per heavy atom. The first-order valence-electron chi connectivity index (χ1n) is 8.77. The minimum Gasteiger partial charge on any atom is -0.497 e. The maximum atomic E-state index is 12.0. The highest BCUT2D eigenvalue weighted by Crippen LogP contribution is 2.11. The molecule has 0 aliphatic heterocycles. The van der Waals surface area contributed by atoms with Gasteiger partial charge in [0.25, 0.3) is 0 Å². The topological polar surface area (TPSA) is 95.1 Å².